The second-order valence-electron chi connectivity index (χ2n) is 3.81. The minimum Gasteiger partial charge on any atom is -0.479 e. The lowest BCUT2D eigenvalue weighted by atomic mass is 10.4. The van der Waals surface area contributed by atoms with Crippen LogP contribution in [0.2, 0.25) is 0 Å². The average Bonchev–Trinajstić information content (AvgIpc) is 2.73. The summed E-state index contributed by atoms with van der Waals surface area (Å²) in [5.41, 5.74) is 0. The summed E-state index contributed by atoms with van der Waals surface area (Å²) in [5, 5.41) is 0. The molecule has 0 bridgehead atoms. The van der Waals surface area contributed by atoms with Crippen LogP contribution in [0, 0.1) is 0 Å². The van der Waals surface area contributed by atoms with Crippen molar-refractivity contribution in [3.05, 3.63) is 28.7 Å². The maximum atomic E-state index is 11.9. The van der Waals surface area contributed by atoms with E-state index in [0.717, 1.165) is 4.47 Å². The van der Waals surface area contributed by atoms with E-state index in [1.807, 2.05) is 0 Å². The van der Waals surface area contributed by atoms with Gasteiger partial charge in [0.2, 0.25) is 0 Å². The van der Waals surface area contributed by atoms with Gasteiger partial charge in [0, 0.05) is 11.4 Å². The lowest BCUT2D eigenvalue weighted by Gasteiger charge is -2.07. The molecule has 1 aliphatic heterocycles. The summed E-state index contributed by atoms with van der Waals surface area (Å²) in [6.45, 7) is 2.08. The fourth-order valence-electron chi connectivity index (χ4n) is 1.47. The lowest BCUT2D eigenvalue weighted by molar-refractivity contribution is 0.246. The quantitative estimate of drug-likeness (QED) is 0.790. The highest BCUT2D eigenvalue weighted by atomic mass is 79.9. The van der Waals surface area contributed by atoms with Gasteiger partial charge in [0.1, 0.15) is 12.6 Å². The average molecular weight is 334 g/mol. The number of nitrogens with zero attached hydrogens (tertiary/aromatic N) is 1. The second-order valence-corrected chi connectivity index (χ2v) is 6.34. The van der Waals surface area contributed by atoms with Gasteiger partial charge in [-0.3, -0.25) is 4.18 Å². The maximum Gasteiger partial charge on any atom is 0.297 e. The molecule has 0 spiro atoms. The molecule has 1 heterocycles. The van der Waals surface area contributed by atoms with Crippen LogP contribution >= 0.6 is 15.9 Å². The van der Waals surface area contributed by atoms with E-state index in [-0.39, 0.29) is 17.5 Å². The number of hydrogen-bond donors (Lipinski definition) is 0. The molecular weight excluding hydrogens is 322 g/mol. The fourth-order valence-corrected chi connectivity index (χ4v) is 2.68. The molecule has 0 saturated heterocycles. The molecule has 0 amide bonds. The van der Waals surface area contributed by atoms with E-state index < -0.39 is 10.1 Å². The molecule has 1 atom stereocenters. The molecule has 7 heteroatoms. The summed E-state index contributed by atoms with van der Waals surface area (Å²) in [6.07, 6.45) is 0. The summed E-state index contributed by atoms with van der Waals surface area (Å²) in [4.78, 5) is 4.23. The van der Waals surface area contributed by atoms with Gasteiger partial charge in [0.05, 0.1) is 11.5 Å². The van der Waals surface area contributed by atoms with Gasteiger partial charge in [0.15, 0.2) is 5.90 Å². The molecule has 1 aromatic carbocycles. The Hall–Kier alpha value is -0.920. The summed E-state index contributed by atoms with van der Waals surface area (Å²) >= 11 is 3.24. The highest BCUT2D eigenvalue weighted by molar-refractivity contribution is 9.10. The molecule has 98 valence electrons. The van der Waals surface area contributed by atoms with E-state index in [0.29, 0.717) is 12.5 Å². The first-order valence-corrected chi connectivity index (χ1v) is 7.50. The van der Waals surface area contributed by atoms with E-state index in [1.54, 1.807) is 19.1 Å². The van der Waals surface area contributed by atoms with Crippen LogP contribution in [0.15, 0.2) is 38.6 Å². The number of hydrogen-bond acceptors (Lipinski definition) is 5. The molecule has 2 rings (SSSR count). The molecule has 0 N–H and O–H groups in total. The minimum atomic E-state index is -3.73. The second kappa shape index (κ2) is 5.38. The summed E-state index contributed by atoms with van der Waals surface area (Å²) in [6, 6.07) is 6.02. The third-order valence-electron chi connectivity index (χ3n) is 2.37. The van der Waals surface area contributed by atoms with Crippen molar-refractivity contribution in [1.29, 1.82) is 0 Å². The van der Waals surface area contributed by atoms with Gasteiger partial charge in [-0.25, -0.2) is 4.99 Å². The smallest absolute Gasteiger partial charge is 0.297 e. The Morgan fingerprint density at radius 2 is 2.11 bits per heavy atom. The van der Waals surface area contributed by atoms with E-state index in [4.69, 9.17) is 8.92 Å². The molecule has 0 radical (unpaired) electrons. The zero-order valence-electron chi connectivity index (χ0n) is 9.67. The van der Waals surface area contributed by atoms with Crippen molar-refractivity contribution in [3.63, 3.8) is 0 Å². The SMILES string of the molecule is CC1=NC(COS(=O)(=O)c2ccc(Br)cc2)CO1. The van der Waals surface area contributed by atoms with Gasteiger partial charge in [-0.15, -0.1) is 0 Å². The summed E-state index contributed by atoms with van der Waals surface area (Å²) in [7, 11) is -3.73. The van der Waals surface area contributed by atoms with Gasteiger partial charge < -0.3 is 4.74 Å². The van der Waals surface area contributed by atoms with Crippen LogP contribution in [0.4, 0.5) is 0 Å². The van der Waals surface area contributed by atoms with Crippen molar-refractivity contribution >= 4 is 31.9 Å². The third-order valence-corrected chi connectivity index (χ3v) is 4.19. The lowest BCUT2D eigenvalue weighted by Crippen LogP contribution is -2.18. The van der Waals surface area contributed by atoms with Crippen molar-refractivity contribution in [1.82, 2.24) is 0 Å². The van der Waals surface area contributed by atoms with Gasteiger partial charge in [-0.1, -0.05) is 15.9 Å². The molecule has 5 nitrogen and oxygen atoms in total. The Kier molecular flexibility index (Phi) is 4.04. The van der Waals surface area contributed by atoms with Crippen LogP contribution in [0.5, 0.6) is 0 Å². The van der Waals surface area contributed by atoms with Gasteiger partial charge >= 0.3 is 0 Å². The topological polar surface area (TPSA) is 65.0 Å². The standard InChI is InChI=1S/C11H12BrNO4S/c1-8-13-10(6-16-8)7-17-18(14,15)11-4-2-9(12)3-5-11/h2-5,10H,6-7H2,1H3. The Balaban J connectivity index is 2.01. The van der Waals surface area contributed by atoms with Crippen LogP contribution in [0.3, 0.4) is 0 Å². The predicted octanol–water partition coefficient (Wildman–Crippen LogP) is 1.97. The molecular formula is C11H12BrNO4S. The molecule has 1 unspecified atom stereocenters. The number of halogens is 1. The third kappa shape index (κ3) is 3.30. The van der Waals surface area contributed by atoms with Crippen LogP contribution in [-0.4, -0.2) is 33.6 Å². The Labute approximate surface area is 114 Å². The van der Waals surface area contributed by atoms with E-state index in [2.05, 4.69) is 20.9 Å². The molecule has 1 aliphatic rings. The zero-order chi connectivity index (χ0) is 13.2. The molecule has 1 aromatic rings. The Bertz CT molecular complexity index is 553. The molecule has 0 aliphatic carbocycles. The molecule has 0 aromatic heterocycles. The van der Waals surface area contributed by atoms with Crippen LogP contribution in [-0.2, 0) is 19.0 Å². The fraction of sp³-hybridized carbons (Fsp3) is 0.364. The Morgan fingerprint density at radius 1 is 1.44 bits per heavy atom. The number of rotatable bonds is 4. The predicted molar refractivity (Wildman–Crippen MR) is 70.1 cm³/mol. The number of benzene rings is 1. The monoisotopic (exact) mass is 333 g/mol. The van der Waals surface area contributed by atoms with E-state index in [1.165, 1.54) is 12.1 Å². The van der Waals surface area contributed by atoms with Crippen LogP contribution in [0.1, 0.15) is 6.92 Å². The van der Waals surface area contributed by atoms with E-state index in [9.17, 15) is 8.42 Å². The van der Waals surface area contributed by atoms with Crippen LogP contribution < -0.4 is 0 Å². The van der Waals surface area contributed by atoms with Gasteiger partial charge in [0.25, 0.3) is 10.1 Å². The van der Waals surface area contributed by atoms with Gasteiger partial charge in [-0.2, -0.15) is 8.42 Å². The van der Waals surface area contributed by atoms with Crippen molar-refractivity contribution in [2.45, 2.75) is 17.9 Å². The van der Waals surface area contributed by atoms with Crippen molar-refractivity contribution < 1.29 is 17.3 Å². The van der Waals surface area contributed by atoms with E-state index >= 15 is 0 Å². The summed E-state index contributed by atoms with van der Waals surface area (Å²) in [5.74, 6) is 0.560. The largest absolute Gasteiger partial charge is 0.479 e. The number of aliphatic imine (C=N–C) groups is 1. The number of ether oxygens (including phenoxy) is 1. The maximum absolute atomic E-state index is 11.9. The molecule has 0 fully saturated rings. The minimum absolute atomic E-state index is 0.00423. The normalized spacial score (nSPS) is 19.4. The van der Waals surface area contributed by atoms with Crippen molar-refractivity contribution in [2.24, 2.45) is 4.99 Å². The molecule has 18 heavy (non-hydrogen) atoms. The van der Waals surface area contributed by atoms with Gasteiger partial charge in [-0.05, 0) is 24.3 Å². The highest BCUT2D eigenvalue weighted by Gasteiger charge is 2.21. The first kappa shape index (κ1) is 13.5. The molecule has 0 saturated carbocycles. The first-order valence-electron chi connectivity index (χ1n) is 5.29. The first-order chi connectivity index (χ1) is 8.47. The summed E-state index contributed by atoms with van der Waals surface area (Å²) < 4.78 is 34.6. The zero-order valence-corrected chi connectivity index (χ0v) is 12.1. The van der Waals surface area contributed by atoms with Crippen molar-refractivity contribution in [3.8, 4) is 0 Å². The highest BCUT2D eigenvalue weighted by Crippen LogP contribution is 2.17. The van der Waals surface area contributed by atoms with Crippen LogP contribution in [0.25, 0.3) is 0 Å². The Morgan fingerprint density at radius 3 is 2.67 bits per heavy atom. The van der Waals surface area contributed by atoms with Crippen molar-refractivity contribution in [2.75, 3.05) is 13.2 Å².